The molecule has 0 saturated heterocycles. The first kappa shape index (κ1) is 20.5. The molecule has 0 spiro atoms. The maximum atomic E-state index is 13.2. The Kier molecular flexibility index (Phi) is 6.07. The molecule has 2 aromatic heterocycles. The highest BCUT2D eigenvalue weighted by Gasteiger charge is 2.32. The Bertz CT molecular complexity index is 1130. The lowest BCUT2D eigenvalue weighted by Crippen LogP contribution is -2.37. The molecule has 0 fully saturated rings. The number of amides is 1. The van der Waals surface area contributed by atoms with E-state index in [-0.39, 0.29) is 9.77 Å². The van der Waals surface area contributed by atoms with Crippen LogP contribution in [0.25, 0.3) is 0 Å². The molecule has 0 saturated carbocycles. The summed E-state index contributed by atoms with van der Waals surface area (Å²) in [4.78, 5) is 21.0. The minimum Gasteiger partial charge on any atom is -0.352 e. The summed E-state index contributed by atoms with van der Waals surface area (Å²) in [6.07, 6.45) is 3.90. The van der Waals surface area contributed by atoms with Gasteiger partial charge < -0.3 is 10.6 Å². The van der Waals surface area contributed by atoms with Crippen LogP contribution in [0.2, 0.25) is 0 Å². The van der Waals surface area contributed by atoms with E-state index < -0.39 is 15.9 Å². The lowest BCUT2D eigenvalue weighted by molar-refractivity contribution is 0.0956. The minimum absolute atomic E-state index is 0.0590. The Labute approximate surface area is 179 Å². The fourth-order valence-corrected chi connectivity index (χ4v) is 6.04. The molecule has 3 heterocycles. The third-order valence-electron chi connectivity index (χ3n) is 4.81. The third kappa shape index (κ3) is 4.35. The highest BCUT2D eigenvalue weighted by molar-refractivity contribution is 7.89. The lowest BCUT2D eigenvalue weighted by atomic mass is 10.0. The molecule has 0 radical (unpaired) electrons. The summed E-state index contributed by atoms with van der Waals surface area (Å²) in [7, 11) is -3.76. The van der Waals surface area contributed by atoms with Gasteiger partial charge in [0.25, 0.3) is 5.91 Å². The van der Waals surface area contributed by atoms with Crippen molar-refractivity contribution in [3.63, 3.8) is 0 Å². The first-order valence-corrected chi connectivity index (χ1v) is 11.8. The summed E-state index contributed by atoms with van der Waals surface area (Å²) < 4.78 is 27.9. The topological polar surface area (TPSA) is 104 Å². The van der Waals surface area contributed by atoms with Crippen molar-refractivity contribution in [3.05, 3.63) is 70.2 Å². The van der Waals surface area contributed by atoms with E-state index >= 15 is 0 Å². The number of rotatable bonds is 7. The zero-order chi connectivity index (χ0) is 21.0. The standard InChI is InChI=1S/C20H21N5O3S2/c26-19(21-10-11-24-20-22-8-3-9-23-20)18-17(7-13-29-18)30(27,28)25-12-6-15-4-1-2-5-16(15)14-25/h1-5,7-9,13H,6,10-12,14H2,(H,21,26)(H,22,23,24). The molecule has 1 aliphatic heterocycles. The Morgan fingerprint density at radius 2 is 1.83 bits per heavy atom. The number of hydrogen-bond acceptors (Lipinski definition) is 7. The van der Waals surface area contributed by atoms with Gasteiger partial charge in [0.15, 0.2) is 0 Å². The van der Waals surface area contributed by atoms with Crippen LogP contribution in [-0.4, -0.2) is 48.2 Å². The van der Waals surface area contributed by atoms with Gasteiger partial charge in [-0.25, -0.2) is 18.4 Å². The van der Waals surface area contributed by atoms with Gasteiger partial charge in [-0.05, 0) is 35.1 Å². The molecule has 30 heavy (non-hydrogen) atoms. The van der Waals surface area contributed by atoms with E-state index in [1.807, 2.05) is 24.3 Å². The molecule has 10 heteroatoms. The van der Waals surface area contributed by atoms with Crippen molar-refractivity contribution in [3.8, 4) is 0 Å². The number of carbonyl (C=O) groups excluding carboxylic acids is 1. The molecular weight excluding hydrogens is 422 g/mol. The van der Waals surface area contributed by atoms with Gasteiger partial charge in [0.2, 0.25) is 16.0 Å². The van der Waals surface area contributed by atoms with Crippen LogP contribution in [0.5, 0.6) is 0 Å². The zero-order valence-corrected chi connectivity index (χ0v) is 17.7. The van der Waals surface area contributed by atoms with Crippen molar-refractivity contribution in [2.75, 3.05) is 25.0 Å². The monoisotopic (exact) mass is 443 g/mol. The average molecular weight is 444 g/mol. The highest BCUT2D eigenvalue weighted by atomic mass is 32.2. The molecule has 1 amide bonds. The van der Waals surface area contributed by atoms with Crippen molar-refractivity contribution in [2.24, 2.45) is 0 Å². The second-order valence-electron chi connectivity index (χ2n) is 6.73. The molecule has 2 N–H and O–H groups in total. The fraction of sp³-hybridized carbons (Fsp3) is 0.250. The number of benzene rings is 1. The Hall–Kier alpha value is -2.82. The lowest BCUT2D eigenvalue weighted by Gasteiger charge is -2.28. The molecule has 0 atom stereocenters. The summed E-state index contributed by atoms with van der Waals surface area (Å²) >= 11 is 1.13. The average Bonchev–Trinajstić information content (AvgIpc) is 3.28. The van der Waals surface area contributed by atoms with Crippen molar-refractivity contribution in [1.29, 1.82) is 0 Å². The molecule has 0 aliphatic carbocycles. The van der Waals surface area contributed by atoms with E-state index in [4.69, 9.17) is 0 Å². The first-order chi connectivity index (χ1) is 14.6. The summed E-state index contributed by atoms with van der Waals surface area (Å²) in [6, 6.07) is 11.1. The van der Waals surface area contributed by atoms with Crippen molar-refractivity contribution >= 4 is 33.2 Å². The second-order valence-corrected chi connectivity index (χ2v) is 9.55. The van der Waals surface area contributed by atoms with E-state index in [2.05, 4.69) is 20.6 Å². The molecule has 3 aromatic rings. The SMILES string of the molecule is O=C(NCCNc1ncccn1)c1sccc1S(=O)(=O)N1CCc2ccccc2C1. The van der Waals surface area contributed by atoms with Crippen molar-refractivity contribution in [2.45, 2.75) is 17.9 Å². The number of fused-ring (bicyclic) bond motifs is 1. The second kappa shape index (κ2) is 8.90. The Balaban J connectivity index is 1.41. The van der Waals surface area contributed by atoms with E-state index in [0.29, 0.717) is 38.5 Å². The smallest absolute Gasteiger partial charge is 0.262 e. The van der Waals surface area contributed by atoms with Crippen molar-refractivity contribution in [1.82, 2.24) is 19.6 Å². The van der Waals surface area contributed by atoms with Crippen LogP contribution in [0.3, 0.4) is 0 Å². The summed E-state index contributed by atoms with van der Waals surface area (Å²) in [5.74, 6) is 0.0632. The van der Waals surface area contributed by atoms with Crippen LogP contribution < -0.4 is 10.6 Å². The Morgan fingerprint density at radius 3 is 2.63 bits per heavy atom. The summed E-state index contributed by atoms with van der Waals surface area (Å²) in [5, 5.41) is 7.38. The van der Waals surface area contributed by atoms with Crippen molar-refractivity contribution < 1.29 is 13.2 Å². The van der Waals surface area contributed by atoms with E-state index in [9.17, 15) is 13.2 Å². The van der Waals surface area contributed by atoms with Crippen LogP contribution in [0, 0.1) is 0 Å². The molecular formula is C20H21N5O3S2. The molecule has 156 valence electrons. The third-order valence-corrected chi connectivity index (χ3v) is 7.74. The predicted octanol–water partition coefficient (Wildman–Crippen LogP) is 2.13. The maximum absolute atomic E-state index is 13.2. The normalized spacial score (nSPS) is 14.1. The molecule has 4 rings (SSSR count). The molecule has 1 aliphatic rings. The van der Waals surface area contributed by atoms with Crippen LogP contribution in [-0.2, 0) is 23.0 Å². The number of carbonyl (C=O) groups is 1. The summed E-state index contributed by atoms with van der Waals surface area (Å²) in [5.41, 5.74) is 2.17. The highest BCUT2D eigenvalue weighted by Crippen LogP contribution is 2.29. The number of nitrogens with one attached hydrogen (secondary N) is 2. The van der Waals surface area contributed by atoms with Gasteiger partial charge in [-0.2, -0.15) is 4.31 Å². The first-order valence-electron chi connectivity index (χ1n) is 9.49. The number of anilines is 1. The molecule has 8 nitrogen and oxygen atoms in total. The predicted molar refractivity (Wildman–Crippen MR) is 115 cm³/mol. The fourth-order valence-electron chi connectivity index (χ4n) is 3.30. The van der Waals surface area contributed by atoms with Gasteiger partial charge in [-0.3, -0.25) is 4.79 Å². The van der Waals surface area contributed by atoms with Gasteiger partial charge in [-0.1, -0.05) is 24.3 Å². The number of hydrogen-bond donors (Lipinski definition) is 2. The van der Waals surface area contributed by atoms with Gasteiger partial charge in [0.05, 0.1) is 0 Å². The van der Waals surface area contributed by atoms with Gasteiger partial charge >= 0.3 is 0 Å². The molecule has 1 aromatic carbocycles. The quantitative estimate of drug-likeness (QED) is 0.542. The van der Waals surface area contributed by atoms with Crippen LogP contribution >= 0.6 is 11.3 Å². The van der Waals surface area contributed by atoms with Crippen LogP contribution in [0.4, 0.5) is 5.95 Å². The number of nitrogens with zero attached hydrogens (tertiary/aromatic N) is 3. The maximum Gasteiger partial charge on any atom is 0.262 e. The molecule has 0 unspecified atom stereocenters. The van der Waals surface area contributed by atoms with Gasteiger partial charge in [-0.15, -0.1) is 11.3 Å². The largest absolute Gasteiger partial charge is 0.352 e. The number of sulfonamides is 1. The Morgan fingerprint density at radius 1 is 1.07 bits per heavy atom. The number of thiophene rings is 1. The van der Waals surface area contributed by atoms with Gasteiger partial charge in [0.1, 0.15) is 9.77 Å². The van der Waals surface area contributed by atoms with Gasteiger partial charge in [0, 0.05) is 38.6 Å². The van der Waals surface area contributed by atoms with E-state index in [1.165, 1.54) is 15.9 Å². The zero-order valence-electron chi connectivity index (χ0n) is 16.1. The number of aromatic nitrogens is 2. The van der Waals surface area contributed by atoms with Crippen LogP contribution in [0.1, 0.15) is 20.8 Å². The van der Waals surface area contributed by atoms with Crippen LogP contribution in [0.15, 0.2) is 59.1 Å². The summed E-state index contributed by atoms with van der Waals surface area (Å²) in [6.45, 7) is 1.45. The van der Waals surface area contributed by atoms with E-state index in [1.54, 1.807) is 23.8 Å². The minimum atomic E-state index is -3.76. The van der Waals surface area contributed by atoms with E-state index in [0.717, 1.165) is 16.9 Å². The molecule has 0 bridgehead atoms.